The molecule has 4 rings (SSSR count). The summed E-state index contributed by atoms with van der Waals surface area (Å²) in [4.78, 5) is 16.0. The number of para-hydroxylation sites is 2. The van der Waals surface area contributed by atoms with Crippen LogP contribution in [0.5, 0.6) is 5.75 Å². The van der Waals surface area contributed by atoms with E-state index in [1.54, 1.807) is 6.07 Å². The number of piperidine rings is 1. The predicted molar refractivity (Wildman–Crippen MR) is 104 cm³/mol. The fourth-order valence-electron chi connectivity index (χ4n) is 3.30. The average Bonchev–Trinajstić information content (AvgIpc) is 2.73. The summed E-state index contributed by atoms with van der Waals surface area (Å²) < 4.78 is 28.8. The van der Waals surface area contributed by atoms with E-state index in [1.165, 1.54) is 18.7 Å². The molecule has 0 radical (unpaired) electrons. The summed E-state index contributed by atoms with van der Waals surface area (Å²) in [6, 6.07) is 10.9. The molecule has 3 aromatic rings. The first-order valence-electron chi connectivity index (χ1n) is 9.34. The molecule has 6 nitrogen and oxygen atoms in total. The van der Waals surface area contributed by atoms with E-state index in [4.69, 9.17) is 9.97 Å². The Labute approximate surface area is 161 Å². The summed E-state index contributed by atoms with van der Waals surface area (Å²) >= 11 is 0. The molecule has 3 heterocycles. The fourth-order valence-corrected chi connectivity index (χ4v) is 3.30. The smallest absolute Gasteiger partial charge is 0.387 e. The summed E-state index contributed by atoms with van der Waals surface area (Å²) in [6.07, 6.45) is 4.81. The van der Waals surface area contributed by atoms with Gasteiger partial charge >= 0.3 is 6.61 Å². The van der Waals surface area contributed by atoms with Crippen LogP contribution >= 0.6 is 0 Å². The van der Waals surface area contributed by atoms with E-state index < -0.39 is 6.61 Å². The minimum atomic E-state index is -2.86. The molecule has 1 saturated heterocycles. The molecule has 0 unspecified atom stereocenters. The largest absolute Gasteiger partial charge is 0.433 e. The molecule has 28 heavy (non-hydrogen) atoms. The number of nitrogens with one attached hydrogen (secondary N) is 1. The normalized spacial score (nSPS) is 14.5. The molecule has 0 spiro atoms. The average molecular weight is 385 g/mol. The molecule has 1 N–H and O–H groups in total. The molecule has 146 valence electrons. The predicted octanol–water partition coefficient (Wildman–Crippen LogP) is 4.23. The monoisotopic (exact) mass is 385 g/mol. The zero-order valence-corrected chi connectivity index (χ0v) is 15.3. The number of benzene rings is 1. The van der Waals surface area contributed by atoms with E-state index in [9.17, 15) is 8.78 Å². The third kappa shape index (κ3) is 4.27. The molecule has 1 aliphatic rings. The number of ether oxygens (including phenoxy) is 1. The van der Waals surface area contributed by atoms with Crippen LogP contribution in [-0.4, -0.2) is 34.7 Å². The van der Waals surface area contributed by atoms with E-state index in [1.807, 2.05) is 24.3 Å². The number of hydrogen-bond acceptors (Lipinski definition) is 6. The highest BCUT2D eigenvalue weighted by Gasteiger charge is 2.18. The van der Waals surface area contributed by atoms with Gasteiger partial charge in [0, 0.05) is 13.1 Å². The number of hydrogen-bond donors (Lipinski definition) is 1. The third-order valence-electron chi connectivity index (χ3n) is 4.67. The van der Waals surface area contributed by atoms with Crippen molar-refractivity contribution in [2.24, 2.45) is 0 Å². The van der Waals surface area contributed by atoms with Crippen LogP contribution in [0.3, 0.4) is 0 Å². The van der Waals surface area contributed by atoms with Gasteiger partial charge in [-0.2, -0.15) is 8.78 Å². The lowest BCUT2D eigenvalue weighted by atomic mass is 10.1. The lowest BCUT2D eigenvalue weighted by Gasteiger charge is -2.29. The summed E-state index contributed by atoms with van der Waals surface area (Å²) in [5.74, 6) is 1.59. The van der Waals surface area contributed by atoms with Crippen molar-refractivity contribution < 1.29 is 13.5 Å². The van der Waals surface area contributed by atoms with Gasteiger partial charge in [-0.1, -0.05) is 12.1 Å². The zero-order chi connectivity index (χ0) is 19.3. The molecule has 0 amide bonds. The maximum atomic E-state index is 12.3. The maximum Gasteiger partial charge on any atom is 0.387 e. The van der Waals surface area contributed by atoms with Crippen molar-refractivity contribution >= 4 is 22.7 Å². The molecule has 0 aliphatic carbocycles. The van der Waals surface area contributed by atoms with Crippen molar-refractivity contribution in [3.05, 3.63) is 48.3 Å². The Balaban J connectivity index is 1.56. The third-order valence-corrected chi connectivity index (χ3v) is 4.67. The zero-order valence-electron chi connectivity index (χ0n) is 15.3. The van der Waals surface area contributed by atoms with Gasteiger partial charge < -0.3 is 15.0 Å². The van der Waals surface area contributed by atoms with E-state index in [-0.39, 0.29) is 5.75 Å². The van der Waals surface area contributed by atoms with Gasteiger partial charge in [0.1, 0.15) is 5.75 Å². The molecule has 8 heteroatoms. The van der Waals surface area contributed by atoms with Crippen molar-refractivity contribution in [1.82, 2.24) is 15.0 Å². The summed E-state index contributed by atoms with van der Waals surface area (Å²) in [6.45, 7) is -0.534. The van der Waals surface area contributed by atoms with Crippen LogP contribution in [0.1, 0.15) is 25.0 Å². The molecule has 1 aromatic carbocycles. The summed E-state index contributed by atoms with van der Waals surface area (Å²) in [5, 5.41) is 3.31. The topological polar surface area (TPSA) is 63.2 Å². The number of pyridine rings is 1. The number of halogens is 2. The molecule has 0 atom stereocenters. The second-order valence-corrected chi connectivity index (χ2v) is 6.65. The van der Waals surface area contributed by atoms with Crippen LogP contribution in [0.2, 0.25) is 0 Å². The Morgan fingerprint density at radius 1 is 1.00 bits per heavy atom. The Kier molecular flexibility index (Phi) is 5.45. The van der Waals surface area contributed by atoms with E-state index in [2.05, 4.69) is 19.9 Å². The van der Waals surface area contributed by atoms with Gasteiger partial charge in [0.15, 0.2) is 11.6 Å². The van der Waals surface area contributed by atoms with Crippen LogP contribution in [0.15, 0.2) is 42.6 Å². The number of fused-ring (bicyclic) bond motifs is 1. The number of aromatic nitrogens is 3. The van der Waals surface area contributed by atoms with Crippen molar-refractivity contribution in [1.29, 1.82) is 0 Å². The van der Waals surface area contributed by atoms with Crippen LogP contribution in [0.25, 0.3) is 11.0 Å². The van der Waals surface area contributed by atoms with Crippen LogP contribution in [-0.2, 0) is 6.54 Å². The molecule has 2 aromatic heterocycles. The number of alkyl halides is 2. The van der Waals surface area contributed by atoms with Crippen molar-refractivity contribution in [2.75, 3.05) is 23.3 Å². The molecular weight excluding hydrogens is 364 g/mol. The van der Waals surface area contributed by atoms with Gasteiger partial charge in [-0.25, -0.2) is 9.97 Å². The van der Waals surface area contributed by atoms with Gasteiger partial charge in [0.2, 0.25) is 0 Å². The summed E-state index contributed by atoms with van der Waals surface area (Å²) in [5.41, 5.74) is 2.38. The molecular formula is C20H21F2N5O. The van der Waals surface area contributed by atoms with Gasteiger partial charge in [0.05, 0.1) is 29.5 Å². The quantitative estimate of drug-likeness (QED) is 0.685. The minimum Gasteiger partial charge on any atom is -0.433 e. The molecule has 1 aliphatic heterocycles. The first-order valence-corrected chi connectivity index (χ1v) is 9.34. The highest BCUT2D eigenvalue weighted by atomic mass is 19.3. The Morgan fingerprint density at radius 3 is 2.43 bits per heavy atom. The van der Waals surface area contributed by atoms with E-state index in [0.717, 1.165) is 42.8 Å². The Hall–Kier alpha value is -3.03. The van der Waals surface area contributed by atoms with E-state index in [0.29, 0.717) is 18.1 Å². The molecule has 1 fully saturated rings. The van der Waals surface area contributed by atoms with Crippen LogP contribution in [0.4, 0.5) is 20.4 Å². The Morgan fingerprint density at radius 2 is 1.75 bits per heavy atom. The Bertz CT molecular complexity index is 930. The van der Waals surface area contributed by atoms with Gasteiger partial charge in [-0.15, -0.1) is 0 Å². The highest BCUT2D eigenvalue weighted by Crippen LogP contribution is 2.28. The maximum absolute atomic E-state index is 12.3. The van der Waals surface area contributed by atoms with E-state index >= 15 is 0 Å². The number of anilines is 2. The number of rotatable bonds is 6. The molecule has 0 saturated carbocycles. The standard InChI is InChI=1S/C20H21F2N5O/c21-20(22)28-15-9-8-14(23-13-15)12-24-18-19(27-10-4-1-5-11-27)26-17-7-3-2-6-16(17)25-18/h2-3,6-9,13,20H,1,4-5,10-12H2,(H,24,25). The van der Waals surface area contributed by atoms with Crippen molar-refractivity contribution in [3.63, 3.8) is 0 Å². The van der Waals surface area contributed by atoms with Crippen LogP contribution < -0.4 is 15.0 Å². The van der Waals surface area contributed by atoms with Crippen molar-refractivity contribution in [3.8, 4) is 5.75 Å². The number of nitrogens with zero attached hydrogens (tertiary/aromatic N) is 4. The lowest BCUT2D eigenvalue weighted by molar-refractivity contribution is -0.0500. The van der Waals surface area contributed by atoms with Crippen molar-refractivity contribution in [2.45, 2.75) is 32.4 Å². The second-order valence-electron chi connectivity index (χ2n) is 6.65. The van der Waals surface area contributed by atoms with Gasteiger partial charge in [-0.3, -0.25) is 4.98 Å². The van der Waals surface area contributed by atoms with Gasteiger partial charge in [0.25, 0.3) is 0 Å². The lowest BCUT2D eigenvalue weighted by Crippen LogP contribution is -2.31. The first-order chi connectivity index (χ1) is 13.7. The first kappa shape index (κ1) is 18.3. The highest BCUT2D eigenvalue weighted by molar-refractivity contribution is 5.80. The SMILES string of the molecule is FC(F)Oc1ccc(CNc2nc3ccccc3nc2N2CCCCC2)nc1. The minimum absolute atomic E-state index is 0.0400. The summed E-state index contributed by atoms with van der Waals surface area (Å²) in [7, 11) is 0. The van der Waals surface area contributed by atoms with Gasteiger partial charge in [-0.05, 0) is 43.5 Å². The molecule has 0 bridgehead atoms. The second kappa shape index (κ2) is 8.33. The van der Waals surface area contributed by atoms with Crippen LogP contribution in [0, 0.1) is 0 Å². The fraction of sp³-hybridized carbons (Fsp3) is 0.350.